The van der Waals surface area contributed by atoms with E-state index in [2.05, 4.69) is 5.10 Å². The molecule has 13 heavy (non-hydrogen) atoms. The van der Waals surface area contributed by atoms with E-state index in [4.69, 9.17) is 5.11 Å². The van der Waals surface area contributed by atoms with Gasteiger partial charge in [-0.15, -0.1) is 0 Å². The Morgan fingerprint density at radius 2 is 2.38 bits per heavy atom. The van der Waals surface area contributed by atoms with Gasteiger partial charge in [-0.1, -0.05) is 0 Å². The Kier molecular flexibility index (Phi) is 1.83. The quantitative estimate of drug-likeness (QED) is 0.752. The Labute approximate surface area is 76.2 Å². The van der Waals surface area contributed by atoms with E-state index in [9.17, 15) is 4.79 Å². The average Bonchev–Trinajstić information content (AvgIpc) is 2.29. The van der Waals surface area contributed by atoms with Crippen LogP contribution in [0.2, 0.25) is 0 Å². The Morgan fingerprint density at radius 1 is 1.69 bits per heavy atom. The van der Waals surface area contributed by atoms with Crippen LogP contribution < -0.4 is 0 Å². The van der Waals surface area contributed by atoms with Gasteiger partial charge in [-0.2, -0.15) is 5.10 Å². The maximum absolute atomic E-state index is 10.7. The van der Waals surface area contributed by atoms with Crippen LogP contribution in [0, 0.1) is 6.92 Å². The predicted octanol–water partition coefficient (Wildman–Crippen LogP) is 1.61. The van der Waals surface area contributed by atoms with Gasteiger partial charge in [0.05, 0.1) is 17.9 Å². The molecule has 0 amide bonds. The van der Waals surface area contributed by atoms with Crippen molar-refractivity contribution < 1.29 is 9.90 Å². The second kappa shape index (κ2) is 2.87. The lowest BCUT2D eigenvalue weighted by atomic mass is 9.93. The van der Waals surface area contributed by atoms with E-state index in [1.165, 1.54) is 12.6 Å². The highest BCUT2D eigenvalue weighted by Gasteiger charge is 2.23. The lowest BCUT2D eigenvalue weighted by Gasteiger charge is -2.26. The van der Waals surface area contributed by atoms with E-state index < -0.39 is 5.97 Å². The minimum absolute atomic E-state index is 0.326. The van der Waals surface area contributed by atoms with Crippen molar-refractivity contribution in [1.82, 2.24) is 9.78 Å². The van der Waals surface area contributed by atoms with Gasteiger partial charge in [-0.3, -0.25) is 4.68 Å². The molecule has 1 saturated carbocycles. The fourth-order valence-electron chi connectivity index (χ4n) is 1.63. The van der Waals surface area contributed by atoms with Crippen molar-refractivity contribution in [2.75, 3.05) is 0 Å². The topological polar surface area (TPSA) is 55.1 Å². The molecule has 0 atom stereocenters. The SMILES string of the molecule is Cc1c(C(=O)O)cnn1C1CCC1. The van der Waals surface area contributed by atoms with Crippen molar-refractivity contribution in [3.63, 3.8) is 0 Å². The molecule has 1 aliphatic rings. The largest absolute Gasteiger partial charge is 0.478 e. The van der Waals surface area contributed by atoms with E-state index in [0.717, 1.165) is 18.5 Å². The zero-order valence-electron chi connectivity index (χ0n) is 7.53. The van der Waals surface area contributed by atoms with Gasteiger partial charge in [0.1, 0.15) is 5.56 Å². The number of hydrogen-bond acceptors (Lipinski definition) is 2. The minimum Gasteiger partial charge on any atom is -0.478 e. The van der Waals surface area contributed by atoms with Gasteiger partial charge in [0, 0.05) is 0 Å². The van der Waals surface area contributed by atoms with E-state index >= 15 is 0 Å². The molecule has 4 heteroatoms. The van der Waals surface area contributed by atoms with E-state index in [0.29, 0.717) is 11.6 Å². The Balaban J connectivity index is 2.32. The first kappa shape index (κ1) is 8.29. The van der Waals surface area contributed by atoms with Gasteiger partial charge >= 0.3 is 5.97 Å². The second-order valence-corrected chi connectivity index (χ2v) is 3.48. The third-order valence-corrected chi connectivity index (χ3v) is 2.70. The Morgan fingerprint density at radius 3 is 2.77 bits per heavy atom. The van der Waals surface area contributed by atoms with E-state index in [1.807, 2.05) is 11.6 Å². The predicted molar refractivity (Wildman–Crippen MR) is 46.8 cm³/mol. The molecular formula is C9H12N2O2. The maximum Gasteiger partial charge on any atom is 0.339 e. The molecule has 1 aliphatic carbocycles. The molecule has 0 aliphatic heterocycles. The molecule has 0 saturated heterocycles. The Hall–Kier alpha value is -1.32. The van der Waals surface area contributed by atoms with E-state index in [-0.39, 0.29) is 0 Å². The van der Waals surface area contributed by atoms with Crippen LogP contribution in [-0.2, 0) is 0 Å². The second-order valence-electron chi connectivity index (χ2n) is 3.48. The third-order valence-electron chi connectivity index (χ3n) is 2.70. The summed E-state index contributed by atoms with van der Waals surface area (Å²) in [6.07, 6.45) is 4.92. The van der Waals surface area contributed by atoms with Gasteiger partial charge in [0.25, 0.3) is 0 Å². The number of aromatic carboxylic acids is 1. The Bertz CT molecular complexity index is 339. The summed E-state index contributed by atoms with van der Waals surface area (Å²) in [6.45, 7) is 1.81. The van der Waals surface area contributed by atoms with Gasteiger partial charge in [0.15, 0.2) is 0 Å². The zero-order chi connectivity index (χ0) is 9.42. The van der Waals surface area contributed by atoms with Crippen LogP contribution in [0.15, 0.2) is 6.20 Å². The lowest BCUT2D eigenvalue weighted by molar-refractivity contribution is 0.0695. The van der Waals surface area contributed by atoms with Crippen molar-refractivity contribution in [3.05, 3.63) is 17.5 Å². The summed E-state index contributed by atoms with van der Waals surface area (Å²) in [5.74, 6) is -0.886. The monoisotopic (exact) mass is 180 g/mol. The van der Waals surface area contributed by atoms with E-state index in [1.54, 1.807) is 0 Å². The summed E-state index contributed by atoms with van der Waals surface area (Å²) in [6, 6.07) is 0.438. The normalized spacial score (nSPS) is 17.0. The number of carboxylic acid groups (broad SMARTS) is 1. The number of rotatable bonds is 2. The summed E-state index contributed by atoms with van der Waals surface area (Å²) in [4.78, 5) is 10.7. The van der Waals surface area contributed by atoms with Crippen LogP contribution in [-0.4, -0.2) is 20.9 Å². The molecule has 0 radical (unpaired) electrons. The number of hydrogen-bond donors (Lipinski definition) is 1. The van der Waals surface area contributed by atoms with Crippen molar-refractivity contribution in [2.45, 2.75) is 32.2 Å². The molecule has 1 aromatic heterocycles. The van der Waals surface area contributed by atoms with Crippen LogP contribution in [0.3, 0.4) is 0 Å². The van der Waals surface area contributed by atoms with Crippen LogP contribution >= 0.6 is 0 Å². The molecule has 1 heterocycles. The average molecular weight is 180 g/mol. The van der Waals surface area contributed by atoms with Gasteiger partial charge < -0.3 is 5.11 Å². The fourth-order valence-corrected chi connectivity index (χ4v) is 1.63. The van der Waals surface area contributed by atoms with Crippen molar-refractivity contribution in [1.29, 1.82) is 0 Å². The minimum atomic E-state index is -0.886. The number of carbonyl (C=O) groups is 1. The highest BCUT2D eigenvalue weighted by Crippen LogP contribution is 2.32. The highest BCUT2D eigenvalue weighted by molar-refractivity contribution is 5.88. The molecule has 0 aromatic carbocycles. The van der Waals surface area contributed by atoms with Crippen LogP contribution in [0.5, 0.6) is 0 Å². The van der Waals surface area contributed by atoms with Crippen LogP contribution in [0.1, 0.15) is 41.4 Å². The molecule has 1 fully saturated rings. The molecule has 2 rings (SSSR count). The molecule has 0 unspecified atom stereocenters. The summed E-state index contributed by atoms with van der Waals surface area (Å²) in [5, 5.41) is 12.9. The van der Waals surface area contributed by atoms with Crippen molar-refractivity contribution in [2.24, 2.45) is 0 Å². The van der Waals surface area contributed by atoms with Crippen LogP contribution in [0.4, 0.5) is 0 Å². The smallest absolute Gasteiger partial charge is 0.339 e. The summed E-state index contributed by atoms with van der Waals surface area (Å²) < 4.78 is 1.84. The molecule has 4 nitrogen and oxygen atoms in total. The summed E-state index contributed by atoms with van der Waals surface area (Å²) in [7, 11) is 0. The number of carboxylic acids is 1. The van der Waals surface area contributed by atoms with Gasteiger partial charge in [-0.25, -0.2) is 4.79 Å². The highest BCUT2D eigenvalue weighted by atomic mass is 16.4. The maximum atomic E-state index is 10.7. The first-order valence-electron chi connectivity index (χ1n) is 4.47. The zero-order valence-corrected chi connectivity index (χ0v) is 7.53. The molecular weight excluding hydrogens is 168 g/mol. The van der Waals surface area contributed by atoms with Gasteiger partial charge in [0.2, 0.25) is 0 Å². The molecule has 70 valence electrons. The summed E-state index contributed by atoms with van der Waals surface area (Å²) >= 11 is 0. The fraction of sp³-hybridized carbons (Fsp3) is 0.556. The van der Waals surface area contributed by atoms with Crippen molar-refractivity contribution in [3.8, 4) is 0 Å². The third kappa shape index (κ3) is 1.22. The molecule has 0 bridgehead atoms. The molecule has 1 N–H and O–H groups in total. The lowest BCUT2D eigenvalue weighted by Crippen LogP contribution is -2.19. The number of aromatic nitrogens is 2. The first-order chi connectivity index (χ1) is 6.20. The number of nitrogens with zero attached hydrogens (tertiary/aromatic N) is 2. The van der Waals surface area contributed by atoms with Crippen LogP contribution in [0.25, 0.3) is 0 Å². The first-order valence-corrected chi connectivity index (χ1v) is 4.47. The standard InChI is InChI=1S/C9H12N2O2/c1-6-8(9(12)13)5-10-11(6)7-3-2-4-7/h5,7H,2-4H2,1H3,(H,12,13). The van der Waals surface area contributed by atoms with Crippen molar-refractivity contribution >= 4 is 5.97 Å². The van der Waals surface area contributed by atoms with Gasteiger partial charge in [-0.05, 0) is 26.2 Å². The summed E-state index contributed by atoms with van der Waals surface area (Å²) in [5.41, 5.74) is 1.10. The molecule has 0 spiro atoms. The molecule has 1 aromatic rings.